The molecule has 2 rings (SSSR count). The number of hydrogen-bond donors (Lipinski definition) is 1. The van der Waals surface area contributed by atoms with Crippen molar-refractivity contribution in [3.63, 3.8) is 0 Å². The molecule has 0 aliphatic rings. The Bertz CT molecular complexity index is 833. The maximum absolute atomic E-state index is 12.3. The molecule has 0 aliphatic heterocycles. The zero-order valence-electron chi connectivity index (χ0n) is 15.3. The zero-order chi connectivity index (χ0) is 19.3. The first-order valence-corrected chi connectivity index (χ1v) is 8.55. The average molecular weight is 376 g/mol. The number of benzene rings is 2. The van der Waals surface area contributed by atoms with Crippen LogP contribution in [0.3, 0.4) is 0 Å². The van der Waals surface area contributed by atoms with Crippen LogP contribution in [0.1, 0.15) is 34.3 Å². The number of hydrogen-bond acceptors (Lipinski definition) is 4. The number of ketones is 1. The highest BCUT2D eigenvalue weighted by Crippen LogP contribution is 2.35. The monoisotopic (exact) mass is 375 g/mol. The van der Waals surface area contributed by atoms with Gasteiger partial charge < -0.3 is 14.8 Å². The van der Waals surface area contributed by atoms with Crippen LogP contribution in [0.2, 0.25) is 5.02 Å². The average Bonchev–Trinajstić information content (AvgIpc) is 2.62. The van der Waals surface area contributed by atoms with Crippen LogP contribution in [-0.4, -0.2) is 25.9 Å². The van der Waals surface area contributed by atoms with Crippen LogP contribution in [0.15, 0.2) is 30.3 Å². The van der Waals surface area contributed by atoms with E-state index < -0.39 is 0 Å². The lowest BCUT2D eigenvalue weighted by Crippen LogP contribution is -2.14. The van der Waals surface area contributed by atoms with Gasteiger partial charge >= 0.3 is 0 Å². The lowest BCUT2D eigenvalue weighted by molar-refractivity contribution is -0.116. The number of amides is 1. The molecule has 0 radical (unpaired) electrons. The number of Topliss-reactive ketones (excluding diaryl/α,β-unsaturated/α-hetero) is 1. The third kappa shape index (κ3) is 4.76. The van der Waals surface area contributed by atoms with Crippen molar-refractivity contribution < 1.29 is 19.1 Å². The van der Waals surface area contributed by atoms with E-state index in [1.54, 1.807) is 18.2 Å². The van der Waals surface area contributed by atoms with Gasteiger partial charge in [-0.1, -0.05) is 23.7 Å². The van der Waals surface area contributed by atoms with Gasteiger partial charge in [-0.15, -0.1) is 0 Å². The number of aryl methyl sites for hydroxylation is 2. The van der Waals surface area contributed by atoms with E-state index in [-0.39, 0.29) is 24.5 Å². The molecule has 0 heterocycles. The van der Waals surface area contributed by atoms with Crippen molar-refractivity contribution in [2.75, 3.05) is 19.5 Å². The molecule has 5 nitrogen and oxygen atoms in total. The molecular formula is C20H22ClNO4. The fourth-order valence-electron chi connectivity index (χ4n) is 2.46. The van der Waals surface area contributed by atoms with Crippen LogP contribution in [0.25, 0.3) is 0 Å². The predicted octanol–water partition coefficient (Wildman–Crippen LogP) is 4.58. The van der Waals surface area contributed by atoms with Gasteiger partial charge in [0.15, 0.2) is 5.78 Å². The molecule has 0 fully saturated rings. The molecule has 2 aromatic rings. The summed E-state index contributed by atoms with van der Waals surface area (Å²) < 4.78 is 10.4. The summed E-state index contributed by atoms with van der Waals surface area (Å²) >= 11 is 6.05. The molecular weight excluding hydrogens is 354 g/mol. The Morgan fingerprint density at radius 2 is 1.65 bits per heavy atom. The van der Waals surface area contributed by atoms with E-state index in [4.69, 9.17) is 21.1 Å². The summed E-state index contributed by atoms with van der Waals surface area (Å²) in [6, 6.07) is 8.70. The van der Waals surface area contributed by atoms with Crippen LogP contribution in [-0.2, 0) is 4.79 Å². The summed E-state index contributed by atoms with van der Waals surface area (Å²) in [6.45, 7) is 3.95. The minimum atomic E-state index is -0.287. The summed E-state index contributed by atoms with van der Waals surface area (Å²) in [5.74, 6) is 0.493. The highest BCUT2D eigenvalue weighted by atomic mass is 35.5. The summed E-state index contributed by atoms with van der Waals surface area (Å²) in [5.41, 5.74) is 3.24. The molecule has 138 valence electrons. The first kappa shape index (κ1) is 19.8. The molecule has 1 amide bonds. The molecule has 26 heavy (non-hydrogen) atoms. The van der Waals surface area contributed by atoms with Gasteiger partial charge in [0.25, 0.3) is 0 Å². The summed E-state index contributed by atoms with van der Waals surface area (Å²) in [6.07, 6.45) is 0.196. The highest BCUT2D eigenvalue weighted by Gasteiger charge is 2.14. The molecule has 1 N–H and O–H groups in total. The van der Waals surface area contributed by atoms with Crippen molar-refractivity contribution in [1.29, 1.82) is 0 Å². The fourth-order valence-corrected chi connectivity index (χ4v) is 2.69. The van der Waals surface area contributed by atoms with E-state index in [1.165, 1.54) is 14.2 Å². The van der Waals surface area contributed by atoms with Crippen LogP contribution in [0.4, 0.5) is 5.69 Å². The topological polar surface area (TPSA) is 64.6 Å². The van der Waals surface area contributed by atoms with Crippen molar-refractivity contribution in [2.24, 2.45) is 0 Å². The Morgan fingerprint density at radius 1 is 0.962 bits per heavy atom. The van der Waals surface area contributed by atoms with Gasteiger partial charge in [-0.25, -0.2) is 0 Å². The van der Waals surface area contributed by atoms with E-state index in [9.17, 15) is 9.59 Å². The Kier molecular flexibility index (Phi) is 6.64. The van der Waals surface area contributed by atoms with Crippen LogP contribution < -0.4 is 14.8 Å². The summed E-state index contributed by atoms with van der Waals surface area (Å²) in [5, 5.41) is 3.12. The van der Waals surface area contributed by atoms with E-state index in [1.807, 2.05) is 26.0 Å². The molecule has 6 heteroatoms. The second kappa shape index (κ2) is 8.72. The van der Waals surface area contributed by atoms with Gasteiger partial charge in [-0.2, -0.15) is 0 Å². The molecule has 2 aromatic carbocycles. The number of anilines is 1. The quantitative estimate of drug-likeness (QED) is 0.719. The van der Waals surface area contributed by atoms with E-state index in [0.29, 0.717) is 27.8 Å². The molecule has 0 aromatic heterocycles. The first-order valence-electron chi connectivity index (χ1n) is 8.17. The van der Waals surface area contributed by atoms with Crippen LogP contribution in [0, 0.1) is 13.8 Å². The van der Waals surface area contributed by atoms with Gasteiger partial charge in [0.2, 0.25) is 5.91 Å². The molecule has 0 saturated heterocycles. The van der Waals surface area contributed by atoms with Crippen molar-refractivity contribution in [2.45, 2.75) is 26.7 Å². The number of carbonyl (C=O) groups excluding carboxylic acids is 2. The van der Waals surface area contributed by atoms with E-state index in [0.717, 1.165) is 11.1 Å². The van der Waals surface area contributed by atoms with Crippen molar-refractivity contribution in [3.05, 3.63) is 52.0 Å². The number of halogens is 1. The number of methoxy groups -OCH3 is 2. The van der Waals surface area contributed by atoms with Gasteiger partial charge in [-0.05, 0) is 31.0 Å². The van der Waals surface area contributed by atoms with Gasteiger partial charge in [-0.3, -0.25) is 9.59 Å². The van der Waals surface area contributed by atoms with Gasteiger partial charge in [0, 0.05) is 30.5 Å². The Hall–Kier alpha value is -2.53. The van der Waals surface area contributed by atoms with Crippen LogP contribution >= 0.6 is 11.6 Å². The highest BCUT2D eigenvalue weighted by molar-refractivity contribution is 6.32. The van der Waals surface area contributed by atoms with Crippen LogP contribution in [0.5, 0.6) is 11.5 Å². The van der Waals surface area contributed by atoms with Crippen molar-refractivity contribution in [3.8, 4) is 11.5 Å². The second-order valence-electron chi connectivity index (χ2n) is 5.96. The third-order valence-electron chi connectivity index (χ3n) is 4.16. The number of ether oxygens (including phenoxy) is 2. The molecule has 0 spiro atoms. The lowest BCUT2D eigenvalue weighted by atomic mass is 10.0. The maximum Gasteiger partial charge on any atom is 0.224 e. The smallest absolute Gasteiger partial charge is 0.224 e. The Morgan fingerprint density at radius 3 is 2.27 bits per heavy atom. The largest absolute Gasteiger partial charge is 0.495 e. The predicted molar refractivity (Wildman–Crippen MR) is 103 cm³/mol. The molecule has 0 unspecified atom stereocenters. The third-order valence-corrected chi connectivity index (χ3v) is 4.45. The SMILES string of the molecule is COc1cc(NC(=O)CCC(=O)c2ccc(C)c(C)c2)c(OC)cc1Cl. The van der Waals surface area contributed by atoms with E-state index in [2.05, 4.69) is 5.32 Å². The summed E-state index contributed by atoms with van der Waals surface area (Å²) in [4.78, 5) is 24.5. The number of rotatable bonds is 7. The Balaban J connectivity index is 2.02. The standard InChI is InChI=1S/C20H22ClNO4/c1-12-5-6-14(9-13(12)2)17(23)7-8-20(24)22-16-11-18(25-3)15(21)10-19(16)26-4/h5-6,9-11H,7-8H2,1-4H3,(H,22,24). The molecule has 0 aliphatic carbocycles. The zero-order valence-corrected chi connectivity index (χ0v) is 16.1. The fraction of sp³-hybridized carbons (Fsp3) is 0.300. The van der Waals surface area contributed by atoms with Crippen molar-refractivity contribution >= 4 is 29.0 Å². The second-order valence-corrected chi connectivity index (χ2v) is 6.36. The first-order chi connectivity index (χ1) is 12.3. The minimum absolute atomic E-state index is 0.0658. The Labute approximate surface area is 158 Å². The van der Waals surface area contributed by atoms with Crippen molar-refractivity contribution in [1.82, 2.24) is 0 Å². The molecule has 0 bridgehead atoms. The van der Waals surface area contributed by atoms with E-state index >= 15 is 0 Å². The van der Waals surface area contributed by atoms with Gasteiger partial charge in [0.05, 0.1) is 24.9 Å². The number of nitrogens with one attached hydrogen (secondary N) is 1. The minimum Gasteiger partial charge on any atom is -0.495 e. The molecule has 0 atom stereocenters. The number of carbonyl (C=O) groups is 2. The lowest BCUT2D eigenvalue weighted by Gasteiger charge is -2.13. The molecule has 0 saturated carbocycles. The summed E-state index contributed by atoms with van der Waals surface area (Å²) in [7, 11) is 2.97. The normalized spacial score (nSPS) is 10.3. The maximum atomic E-state index is 12.3. The van der Waals surface area contributed by atoms with Gasteiger partial charge in [0.1, 0.15) is 11.5 Å².